The molecule has 2 bridgehead atoms. The summed E-state index contributed by atoms with van der Waals surface area (Å²) in [7, 11) is 0. The van der Waals surface area contributed by atoms with Gasteiger partial charge in [0.25, 0.3) is 5.91 Å². The van der Waals surface area contributed by atoms with E-state index in [-0.39, 0.29) is 5.91 Å². The van der Waals surface area contributed by atoms with Crippen molar-refractivity contribution in [2.24, 2.45) is 5.92 Å². The number of imidazole rings is 1. The summed E-state index contributed by atoms with van der Waals surface area (Å²) in [6.07, 6.45) is 9.36. The Morgan fingerprint density at radius 2 is 2.04 bits per heavy atom. The topological polar surface area (TPSA) is 65.1 Å². The first-order valence-corrected chi connectivity index (χ1v) is 8.20. The molecule has 6 heteroatoms. The lowest BCUT2D eigenvalue weighted by atomic mass is 9.95. The summed E-state index contributed by atoms with van der Waals surface area (Å²) >= 11 is 0. The molecule has 3 aliphatic rings. The van der Waals surface area contributed by atoms with E-state index in [9.17, 15) is 4.79 Å². The van der Waals surface area contributed by atoms with E-state index in [2.05, 4.69) is 19.9 Å². The Labute approximate surface area is 135 Å². The predicted octanol–water partition coefficient (Wildman–Crippen LogP) is 1.54. The van der Waals surface area contributed by atoms with Gasteiger partial charge in [-0.2, -0.15) is 0 Å². The number of nitrogens with one attached hydrogen (secondary N) is 1. The summed E-state index contributed by atoms with van der Waals surface area (Å²) in [5.74, 6) is 0.690. The fourth-order valence-electron chi connectivity index (χ4n) is 3.81. The van der Waals surface area contributed by atoms with Gasteiger partial charge < -0.3 is 9.88 Å². The molecule has 0 aliphatic carbocycles. The highest BCUT2D eigenvalue weighted by Gasteiger charge is 2.36. The Bertz CT molecular complexity index is 657. The highest BCUT2D eigenvalue weighted by atomic mass is 16.2. The first-order valence-electron chi connectivity index (χ1n) is 8.20. The molecule has 120 valence electrons. The van der Waals surface area contributed by atoms with Crippen LogP contribution in [0.3, 0.4) is 0 Å². The van der Waals surface area contributed by atoms with Crippen LogP contribution >= 0.6 is 0 Å². The molecule has 23 heavy (non-hydrogen) atoms. The quantitative estimate of drug-likeness (QED) is 0.934. The number of fused-ring (bicyclic) bond motifs is 4. The van der Waals surface area contributed by atoms with Crippen molar-refractivity contribution < 1.29 is 4.79 Å². The van der Waals surface area contributed by atoms with Crippen LogP contribution in [-0.2, 0) is 6.54 Å². The molecule has 1 N–H and O–H groups in total. The summed E-state index contributed by atoms with van der Waals surface area (Å²) in [6.45, 7) is 3.62. The Morgan fingerprint density at radius 3 is 2.83 bits per heavy atom. The molecule has 2 atom stereocenters. The fraction of sp³-hybridized carbons (Fsp3) is 0.471. The van der Waals surface area contributed by atoms with Crippen molar-refractivity contribution >= 4 is 5.91 Å². The number of pyridine rings is 1. The number of piperidine rings is 1. The summed E-state index contributed by atoms with van der Waals surface area (Å²) in [4.78, 5) is 28.6. The standard InChI is InChI=1S/C17H21N5O/c23-17(14-3-5-18-6-4-14)22-9-13-1-2-16(11-22)21(8-13)10-15-7-19-12-20-15/h3-7,12-13,16H,1-2,8-11H2,(H,19,20)/t13-,16-/m1/s1. The van der Waals surface area contributed by atoms with Gasteiger partial charge in [-0.1, -0.05) is 0 Å². The largest absolute Gasteiger partial charge is 0.347 e. The van der Waals surface area contributed by atoms with Crippen LogP contribution in [-0.4, -0.2) is 56.3 Å². The molecule has 0 aromatic carbocycles. The van der Waals surface area contributed by atoms with E-state index >= 15 is 0 Å². The van der Waals surface area contributed by atoms with Crippen molar-refractivity contribution in [1.82, 2.24) is 24.8 Å². The average molecular weight is 311 g/mol. The molecule has 2 aromatic heterocycles. The highest BCUT2D eigenvalue weighted by Crippen LogP contribution is 2.29. The van der Waals surface area contributed by atoms with Crippen LogP contribution < -0.4 is 0 Å². The molecule has 3 aliphatic heterocycles. The first-order chi connectivity index (χ1) is 11.3. The van der Waals surface area contributed by atoms with Crippen LogP contribution in [0.1, 0.15) is 28.9 Å². The van der Waals surface area contributed by atoms with E-state index in [0.717, 1.165) is 37.4 Å². The predicted molar refractivity (Wildman–Crippen MR) is 85.7 cm³/mol. The Morgan fingerprint density at radius 1 is 1.17 bits per heavy atom. The van der Waals surface area contributed by atoms with Gasteiger partial charge in [-0.25, -0.2) is 4.98 Å². The Kier molecular flexibility index (Phi) is 3.83. The van der Waals surface area contributed by atoms with Crippen LogP contribution in [0.15, 0.2) is 37.1 Å². The van der Waals surface area contributed by atoms with Gasteiger partial charge in [0.05, 0.1) is 6.33 Å². The third-order valence-corrected chi connectivity index (χ3v) is 4.97. The van der Waals surface area contributed by atoms with Crippen LogP contribution in [0.4, 0.5) is 0 Å². The summed E-state index contributed by atoms with van der Waals surface area (Å²) in [5.41, 5.74) is 1.88. The van der Waals surface area contributed by atoms with Crippen LogP contribution in [0.2, 0.25) is 0 Å². The number of amides is 1. The minimum atomic E-state index is 0.132. The first kappa shape index (κ1) is 14.4. The molecule has 0 unspecified atom stereocenters. The third-order valence-electron chi connectivity index (χ3n) is 4.97. The van der Waals surface area contributed by atoms with Crippen molar-refractivity contribution in [2.45, 2.75) is 25.4 Å². The summed E-state index contributed by atoms with van der Waals surface area (Å²) in [5, 5.41) is 0. The molecule has 1 amide bonds. The second-order valence-corrected chi connectivity index (χ2v) is 6.55. The van der Waals surface area contributed by atoms with E-state index in [1.807, 2.05) is 11.1 Å². The highest BCUT2D eigenvalue weighted by molar-refractivity contribution is 5.94. The molecule has 5 heterocycles. The number of carbonyl (C=O) groups is 1. The van der Waals surface area contributed by atoms with E-state index in [4.69, 9.17) is 0 Å². The van der Waals surface area contributed by atoms with Gasteiger partial charge in [-0.15, -0.1) is 0 Å². The smallest absolute Gasteiger partial charge is 0.254 e. The monoisotopic (exact) mass is 311 g/mol. The van der Waals surface area contributed by atoms with E-state index in [1.54, 1.807) is 30.9 Å². The minimum Gasteiger partial charge on any atom is -0.347 e. The van der Waals surface area contributed by atoms with Gasteiger partial charge in [0.2, 0.25) is 0 Å². The maximum atomic E-state index is 12.8. The number of hydrogen-bond donors (Lipinski definition) is 1. The number of H-pyrrole nitrogens is 1. The SMILES string of the molecule is O=C(c1ccncc1)N1C[C@@H]2CC[C@H](C1)N(Cc1cnc[nH]1)C2. The van der Waals surface area contributed by atoms with Gasteiger partial charge in [-0.05, 0) is 30.9 Å². The Hall–Kier alpha value is -2.21. The van der Waals surface area contributed by atoms with E-state index < -0.39 is 0 Å². The maximum Gasteiger partial charge on any atom is 0.254 e. The molecule has 6 nitrogen and oxygen atoms in total. The summed E-state index contributed by atoms with van der Waals surface area (Å²) in [6, 6.07) is 4.04. The van der Waals surface area contributed by atoms with Crippen molar-refractivity contribution in [3.05, 3.63) is 48.3 Å². The molecular weight excluding hydrogens is 290 g/mol. The van der Waals surface area contributed by atoms with Gasteiger partial charge in [-0.3, -0.25) is 14.7 Å². The Balaban J connectivity index is 1.50. The van der Waals surface area contributed by atoms with Crippen LogP contribution in [0.5, 0.6) is 0 Å². The number of nitrogens with zero attached hydrogens (tertiary/aromatic N) is 4. The maximum absolute atomic E-state index is 12.8. The fourth-order valence-corrected chi connectivity index (χ4v) is 3.81. The second kappa shape index (κ2) is 6.12. The van der Waals surface area contributed by atoms with E-state index in [1.165, 1.54) is 12.8 Å². The molecule has 2 aromatic rings. The van der Waals surface area contributed by atoms with Gasteiger partial charge >= 0.3 is 0 Å². The van der Waals surface area contributed by atoms with Crippen LogP contribution in [0.25, 0.3) is 0 Å². The molecule has 0 spiro atoms. The third kappa shape index (κ3) is 2.99. The van der Waals surface area contributed by atoms with Crippen LogP contribution in [0, 0.1) is 5.92 Å². The van der Waals surface area contributed by atoms with Gasteiger partial charge in [0.1, 0.15) is 0 Å². The average Bonchev–Trinajstić information content (AvgIpc) is 2.93. The lowest BCUT2D eigenvalue weighted by Crippen LogP contribution is -2.44. The lowest BCUT2D eigenvalue weighted by molar-refractivity contribution is 0.0735. The molecule has 3 fully saturated rings. The van der Waals surface area contributed by atoms with Crippen molar-refractivity contribution in [2.75, 3.05) is 19.6 Å². The molecule has 0 radical (unpaired) electrons. The number of carbonyl (C=O) groups excluding carboxylic acids is 1. The zero-order chi connectivity index (χ0) is 15.6. The summed E-state index contributed by atoms with van der Waals surface area (Å²) < 4.78 is 0. The molecule has 5 rings (SSSR count). The molecular formula is C17H21N5O. The number of aromatic amines is 1. The van der Waals surface area contributed by atoms with Crippen molar-refractivity contribution in [1.29, 1.82) is 0 Å². The number of aromatic nitrogens is 3. The van der Waals surface area contributed by atoms with Crippen molar-refractivity contribution in [3.8, 4) is 0 Å². The van der Waals surface area contributed by atoms with Gasteiger partial charge in [0.15, 0.2) is 0 Å². The normalized spacial score (nSPS) is 24.6. The zero-order valence-electron chi connectivity index (χ0n) is 13.1. The van der Waals surface area contributed by atoms with Gasteiger partial charge in [0, 0.05) is 62.1 Å². The zero-order valence-corrected chi connectivity index (χ0v) is 13.1. The second-order valence-electron chi connectivity index (χ2n) is 6.55. The molecule has 3 saturated heterocycles. The van der Waals surface area contributed by atoms with Crippen molar-refractivity contribution in [3.63, 3.8) is 0 Å². The number of rotatable bonds is 3. The van der Waals surface area contributed by atoms with E-state index in [0.29, 0.717) is 12.0 Å². The lowest BCUT2D eigenvalue weighted by Gasteiger charge is -2.35. The minimum absolute atomic E-state index is 0.132. The molecule has 0 saturated carbocycles. The number of hydrogen-bond acceptors (Lipinski definition) is 4.